The minimum absolute atomic E-state index is 0.111. The van der Waals surface area contributed by atoms with Crippen molar-refractivity contribution in [1.29, 1.82) is 0 Å². The summed E-state index contributed by atoms with van der Waals surface area (Å²) < 4.78 is 5.20. The van der Waals surface area contributed by atoms with E-state index in [1.165, 1.54) is 24.3 Å². The number of amides is 2. The maximum absolute atomic E-state index is 12.1. The maximum Gasteiger partial charge on any atom is 0.370 e. The number of carbonyl (C=O) groups is 3. The zero-order valence-corrected chi connectivity index (χ0v) is 13.5. The monoisotopic (exact) mass is 365 g/mol. The lowest BCUT2D eigenvalue weighted by Gasteiger charge is -2.13. The zero-order chi connectivity index (χ0) is 17.3. The molecule has 0 saturated carbocycles. The van der Waals surface area contributed by atoms with E-state index in [0.717, 1.165) is 0 Å². The third-order valence-corrected chi connectivity index (χ3v) is 3.80. The molecule has 2 aromatic carbocycles. The van der Waals surface area contributed by atoms with Crippen LogP contribution in [0.25, 0.3) is 0 Å². The normalized spacial score (nSPS) is 13.0. The Hall–Kier alpha value is -2.57. The molecule has 0 radical (unpaired) electrons. The summed E-state index contributed by atoms with van der Waals surface area (Å²) in [5.41, 5.74) is 0.343. The molecule has 1 aliphatic heterocycles. The smallest absolute Gasteiger partial charge is 0.370 e. The molecule has 1 aliphatic rings. The fourth-order valence-electron chi connectivity index (χ4n) is 2.13. The minimum atomic E-state index is -0.944. The van der Waals surface area contributed by atoms with Gasteiger partial charge in [-0.2, -0.15) is 0 Å². The minimum Gasteiger partial charge on any atom is -0.479 e. The SMILES string of the molecule is O=C(COc1c(Cl)cccc1Cl)ON1C(=O)c2ccccc2C1=O. The lowest BCUT2D eigenvalue weighted by Crippen LogP contribution is -2.34. The van der Waals surface area contributed by atoms with Crippen molar-refractivity contribution in [2.75, 3.05) is 6.61 Å². The number of hydroxylamine groups is 2. The summed E-state index contributed by atoms with van der Waals surface area (Å²) in [6, 6.07) is 10.9. The number of benzene rings is 2. The van der Waals surface area contributed by atoms with Crippen LogP contribution < -0.4 is 4.74 Å². The van der Waals surface area contributed by atoms with Crippen LogP contribution >= 0.6 is 23.2 Å². The molecule has 6 nitrogen and oxygen atoms in total. The Morgan fingerprint density at radius 1 is 0.917 bits per heavy atom. The molecule has 0 bridgehead atoms. The lowest BCUT2D eigenvalue weighted by atomic mass is 10.1. The van der Waals surface area contributed by atoms with Crippen LogP contribution in [-0.2, 0) is 9.63 Å². The summed E-state index contributed by atoms with van der Waals surface area (Å²) in [6.45, 7) is -0.573. The van der Waals surface area contributed by atoms with E-state index in [4.69, 9.17) is 32.8 Å². The van der Waals surface area contributed by atoms with Gasteiger partial charge in [-0.1, -0.05) is 46.5 Å². The Morgan fingerprint density at radius 3 is 2.00 bits per heavy atom. The molecule has 2 aromatic rings. The van der Waals surface area contributed by atoms with Gasteiger partial charge in [0.1, 0.15) is 0 Å². The lowest BCUT2D eigenvalue weighted by molar-refractivity contribution is -0.170. The number of fused-ring (bicyclic) bond motifs is 1. The van der Waals surface area contributed by atoms with E-state index in [-0.39, 0.29) is 26.9 Å². The number of ether oxygens (including phenoxy) is 1. The van der Waals surface area contributed by atoms with Crippen molar-refractivity contribution in [1.82, 2.24) is 5.06 Å². The van der Waals surface area contributed by atoms with Gasteiger partial charge in [0.25, 0.3) is 11.8 Å². The van der Waals surface area contributed by atoms with Gasteiger partial charge in [-0.25, -0.2) is 4.79 Å². The molecule has 0 spiro atoms. The number of rotatable bonds is 4. The Kier molecular flexibility index (Phi) is 4.42. The van der Waals surface area contributed by atoms with Crippen molar-refractivity contribution in [3.8, 4) is 5.75 Å². The summed E-state index contributed by atoms with van der Waals surface area (Å²) in [4.78, 5) is 40.8. The van der Waals surface area contributed by atoms with E-state index in [1.54, 1.807) is 18.2 Å². The highest BCUT2D eigenvalue weighted by molar-refractivity contribution is 6.37. The molecule has 122 valence electrons. The first-order chi connectivity index (χ1) is 11.5. The zero-order valence-electron chi connectivity index (χ0n) is 12.0. The van der Waals surface area contributed by atoms with E-state index < -0.39 is 24.4 Å². The quantitative estimate of drug-likeness (QED) is 0.778. The van der Waals surface area contributed by atoms with E-state index in [2.05, 4.69) is 0 Å². The third kappa shape index (κ3) is 2.93. The average Bonchev–Trinajstić information content (AvgIpc) is 2.80. The number of hydrogen-bond donors (Lipinski definition) is 0. The second kappa shape index (κ2) is 6.51. The van der Waals surface area contributed by atoms with E-state index >= 15 is 0 Å². The molecule has 1 heterocycles. The van der Waals surface area contributed by atoms with Crippen molar-refractivity contribution < 1.29 is 24.0 Å². The molecule has 8 heteroatoms. The summed E-state index contributed by atoms with van der Waals surface area (Å²) in [6.07, 6.45) is 0. The number of hydrogen-bond acceptors (Lipinski definition) is 5. The summed E-state index contributed by atoms with van der Waals surface area (Å²) >= 11 is 11.8. The maximum atomic E-state index is 12.1. The van der Waals surface area contributed by atoms with Crippen LogP contribution in [0, 0.1) is 0 Å². The van der Waals surface area contributed by atoms with E-state index in [0.29, 0.717) is 5.06 Å². The first-order valence-corrected chi connectivity index (χ1v) is 7.50. The number of halogens is 2. The molecule has 0 unspecified atom stereocenters. The number of para-hydroxylation sites is 1. The molecule has 3 rings (SSSR count). The topological polar surface area (TPSA) is 72.9 Å². The number of carbonyl (C=O) groups excluding carboxylic acids is 3. The molecular weight excluding hydrogens is 357 g/mol. The Balaban J connectivity index is 1.66. The predicted octanol–water partition coefficient (Wildman–Crippen LogP) is 3.13. The van der Waals surface area contributed by atoms with Crippen molar-refractivity contribution >= 4 is 41.0 Å². The van der Waals surface area contributed by atoms with Gasteiger partial charge in [-0.05, 0) is 24.3 Å². The van der Waals surface area contributed by atoms with Gasteiger partial charge < -0.3 is 9.57 Å². The van der Waals surface area contributed by atoms with E-state index in [1.807, 2.05) is 0 Å². The van der Waals surface area contributed by atoms with Gasteiger partial charge in [0.05, 0.1) is 21.2 Å². The van der Waals surface area contributed by atoms with Crippen LogP contribution in [0.5, 0.6) is 5.75 Å². The van der Waals surface area contributed by atoms with Crippen molar-refractivity contribution in [3.63, 3.8) is 0 Å². The fourth-order valence-corrected chi connectivity index (χ4v) is 2.64. The first kappa shape index (κ1) is 16.3. The van der Waals surface area contributed by atoms with Crippen molar-refractivity contribution in [2.24, 2.45) is 0 Å². The van der Waals surface area contributed by atoms with Gasteiger partial charge >= 0.3 is 5.97 Å². The number of imide groups is 1. The van der Waals surface area contributed by atoms with Crippen LogP contribution in [0.2, 0.25) is 10.0 Å². The molecule has 24 heavy (non-hydrogen) atoms. The molecule has 0 N–H and O–H groups in total. The largest absolute Gasteiger partial charge is 0.479 e. The highest BCUT2D eigenvalue weighted by Crippen LogP contribution is 2.32. The standard InChI is InChI=1S/C16H9Cl2NO5/c17-11-6-3-7-12(18)14(11)23-8-13(20)24-19-15(21)9-4-1-2-5-10(9)16(19)22/h1-7H,8H2. The first-order valence-electron chi connectivity index (χ1n) is 6.74. The second-order valence-corrected chi connectivity index (χ2v) is 5.57. The van der Waals surface area contributed by atoms with Crippen molar-refractivity contribution in [3.05, 3.63) is 63.6 Å². The van der Waals surface area contributed by atoms with Gasteiger partial charge in [0.15, 0.2) is 12.4 Å². The molecule has 0 atom stereocenters. The van der Waals surface area contributed by atoms with Crippen LogP contribution in [-0.4, -0.2) is 29.5 Å². The van der Waals surface area contributed by atoms with Crippen molar-refractivity contribution in [2.45, 2.75) is 0 Å². The summed E-state index contributed by atoms with van der Waals surface area (Å²) in [7, 11) is 0. The molecule has 2 amide bonds. The van der Waals surface area contributed by atoms with E-state index in [9.17, 15) is 14.4 Å². The van der Waals surface area contributed by atoms with Crippen LogP contribution in [0.15, 0.2) is 42.5 Å². The highest BCUT2D eigenvalue weighted by atomic mass is 35.5. The van der Waals surface area contributed by atoms with Crippen LogP contribution in [0.3, 0.4) is 0 Å². The average molecular weight is 366 g/mol. The van der Waals surface area contributed by atoms with Gasteiger partial charge in [0.2, 0.25) is 0 Å². The Labute approximate surface area is 146 Å². The van der Waals surface area contributed by atoms with Gasteiger partial charge in [-0.3, -0.25) is 9.59 Å². The fraction of sp³-hybridized carbons (Fsp3) is 0.0625. The van der Waals surface area contributed by atoms with Gasteiger partial charge in [-0.15, -0.1) is 0 Å². The summed E-state index contributed by atoms with van der Waals surface area (Å²) in [5, 5.41) is 0.844. The van der Waals surface area contributed by atoms with Gasteiger partial charge in [0, 0.05) is 0 Å². The van der Waals surface area contributed by atoms with Crippen LogP contribution in [0.1, 0.15) is 20.7 Å². The molecule has 0 aromatic heterocycles. The highest BCUT2D eigenvalue weighted by Gasteiger charge is 2.38. The molecule has 0 fully saturated rings. The number of nitrogens with zero attached hydrogens (tertiary/aromatic N) is 1. The third-order valence-electron chi connectivity index (χ3n) is 3.20. The molecular formula is C16H9Cl2NO5. The summed E-state index contributed by atoms with van der Waals surface area (Å²) in [5.74, 6) is -2.25. The molecule has 0 aliphatic carbocycles. The second-order valence-electron chi connectivity index (χ2n) is 4.75. The molecule has 0 saturated heterocycles. The van der Waals surface area contributed by atoms with Crippen LogP contribution in [0.4, 0.5) is 0 Å². The Morgan fingerprint density at radius 2 is 1.46 bits per heavy atom. The Bertz CT molecular complexity index is 797. The predicted molar refractivity (Wildman–Crippen MR) is 85.0 cm³/mol.